The molecule has 2 rings (SSSR count). The van der Waals surface area contributed by atoms with Gasteiger partial charge in [-0.25, -0.2) is 0 Å². The number of hydrogen-bond acceptors (Lipinski definition) is 3. The number of rotatable bonds is 5. The van der Waals surface area contributed by atoms with E-state index in [2.05, 4.69) is 24.1 Å². The standard InChI is InChI=1S/C16H22N2OS/c1-3-10-17-16(19)13-6-8-14(9-7-13)18-15-5-4-11-20-12(15)2/h3,6-9,12,15,18H,1,4-5,10-11H2,2H3,(H,17,19). The Kier molecular flexibility index (Phi) is 5.53. The van der Waals surface area contributed by atoms with Gasteiger partial charge in [0.1, 0.15) is 0 Å². The lowest BCUT2D eigenvalue weighted by molar-refractivity contribution is 0.0958. The number of anilines is 1. The first-order valence-electron chi connectivity index (χ1n) is 7.08. The molecule has 2 unspecified atom stereocenters. The molecule has 0 aliphatic carbocycles. The molecule has 0 radical (unpaired) electrons. The van der Waals surface area contributed by atoms with Crippen molar-refractivity contribution >= 4 is 23.4 Å². The minimum atomic E-state index is -0.0574. The average molecular weight is 290 g/mol. The number of benzene rings is 1. The van der Waals surface area contributed by atoms with Crippen LogP contribution in [0, 0.1) is 0 Å². The molecule has 1 amide bonds. The molecule has 1 fully saturated rings. The Hall–Kier alpha value is -1.42. The third kappa shape index (κ3) is 4.04. The van der Waals surface area contributed by atoms with E-state index in [0.717, 1.165) is 5.69 Å². The van der Waals surface area contributed by atoms with Gasteiger partial charge >= 0.3 is 0 Å². The van der Waals surface area contributed by atoms with Gasteiger partial charge in [0.15, 0.2) is 0 Å². The Morgan fingerprint density at radius 2 is 2.20 bits per heavy atom. The van der Waals surface area contributed by atoms with Crippen LogP contribution in [0.2, 0.25) is 0 Å². The number of carbonyl (C=O) groups excluding carboxylic acids is 1. The molecule has 0 aromatic heterocycles. The quantitative estimate of drug-likeness (QED) is 0.818. The summed E-state index contributed by atoms with van der Waals surface area (Å²) >= 11 is 2.03. The van der Waals surface area contributed by atoms with Crippen LogP contribution in [-0.4, -0.2) is 29.5 Å². The minimum Gasteiger partial charge on any atom is -0.381 e. The molecule has 4 heteroatoms. The van der Waals surface area contributed by atoms with E-state index in [1.54, 1.807) is 6.08 Å². The maximum absolute atomic E-state index is 11.8. The van der Waals surface area contributed by atoms with Crippen LogP contribution in [0.3, 0.4) is 0 Å². The predicted molar refractivity (Wildman–Crippen MR) is 87.5 cm³/mol. The molecule has 0 saturated carbocycles. The van der Waals surface area contributed by atoms with Crippen molar-refractivity contribution in [3.05, 3.63) is 42.5 Å². The SMILES string of the molecule is C=CCNC(=O)c1ccc(NC2CCCSC2C)cc1. The van der Waals surface area contributed by atoms with Crippen LogP contribution in [0.4, 0.5) is 5.69 Å². The van der Waals surface area contributed by atoms with Gasteiger partial charge < -0.3 is 10.6 Å². The van der Waals surface area contributed by atoms with Crippen molar-refractivity contribution in [2.75, 3.05) is 17.6 Å². The Balaban J connectivity index is 1.94. The van der Waals surface area contributed by atoms with Gasteiger partial charge in [-0.05, 0) is 42.9 Å². The fourth-order valence-corrected chi connectivity index (χ4v) is 3.45. The first-order chi connectivity index (χ1) is 9.70. The Labute approximate surface area is 125 Å². The van der Waals surface area contributed by atoms with Gasteiger partial charge in [-0.3, -0.25) is 4.79 Å². The van der Waals surface area contributed by atoms with Crippen LogP contribution in [0.5, 0.6) is 0 Å². The van der Waals surface area contributed by atoms with E-state index < -0.39 is 0 Å². The second-order valence-corrected chi connectivity index (χ2v) is 6.53. The van der Waals surface area contributed by atoms with Gasteiger partial charge in [0.05, 0.1) is 0 Å². The van der Waals surface area contributed by atoms with Gasteiger partial charge in [0.2, 0.25) is 0 Å². The normalized spacial score (nSPS) is 22.1. The monoisotopic (exact) mass is 290 g/mol. The van der Waals surface area contributed by atoms with Crippen molar-refractivity contribution in [3.8, 4) is 0 Å². The fraction of sp³-hybridized carbons (Fsp3) is 0.438. The van der Waals surface area contributed by atoms with Gasteiger partial charge in [-0.15, -0.1) is 6.58 Å². The Bertz CT molecular complexity index is 458. The van der Waals surface area contributed by atoms with Crippen LogP contribution in [-0.2, 0) is 0 Å². The summed E-state index contributed by atoms with van der Waals surface area (Å²) < 4.78 is 0. The zero-order valence-electron chi connectivity index (χ0n) is 11.9. The third-order valence-corrected chi connectivity index (χ3v) is 4.89. The van der Waals surface area contributed by atoms with Crippen molar-refractivity contribution in [1.82, 2.24) is 5.32 Å². The van der Waals surface area contributed by atoms with Crippen molar-refractivity contribution in [2.45, 2.75) is 31.1 Å². The first kappa shape index (κ1) is 15.0. The second kappa shape index (κ2) is 7.39. The van der Waals surface area contributed by atoms with Crippen molar-refractivity contribution in [2.24, 2.45) is 0 Å². The smallest absolute Gasteiger partial charge is 0.251 e. The number of hydrogen-bond donors (Lipinski definition) is 2. The summed E-state index contributed by atoms with van der Waals surface area (Å²) in [5, 5.41) is 6.99. The summed E-state index contributed by atoms with van der Waals surface area (Å²) in [6, 6.07) is 8.21. The molecular weight excluding hydrogens is 268 g/mol. The molecule has 20 heavy (non-hydrogen) atoms. The summed E-state index contributed by atoms with van der Waals surface area (Å²) in [4.78, 5) is 11.8. The summed E-state index contributed by atoms with van der Waals surface area (Å²) in [6.45, 7) is 6.36. The summed E-state index contributed by atoms with van der Waals surface area (Å²) in [5.74, 6) is 1.21. The van der Waals surface area contributed by atoms with Crippen molar-refractivity contribution in [1.29, 1.82) is 0 Å². The summed E-state index contributed by atoms with van der Waals surface area (Å²) in [6.07, 6.45) is 4.17. The summed E-state index contributed by atoms with van der Waals surface area (Å²) in [5.41, 5.74) is 1.77. The second-order valence-electron chi connectivity index (χ2n) is 5.05. The van der Waals surface area contributed by atoms with E-state index in [1.807, 2.05) is 36.0 Å². The topological polar surface area (TPSA) is 41.1 Å². The Morgan fingerprint density at radius 1 is 1.45 bits per heavy atom. The van der Waals surface area contributed by atoms with Crippen molar-refractivity contribution in [3.63, 3.8) is 0 Å². The molecule has 2 N–H and O–H groups in total. The zero-order valence-corrected chi connectivity index (χ0v) is 12.7. The number of nitrogens with one attached hydrogen (secondary N) is 2. The lowest BCUT2D eigenvalue weighted by Crippen LogP contribution is -2.32. The fourth-order valence-electron chi connectivity index (χ4n) is 2.31. The van der Waals surface area contributed by atoms with E-state index in [9.17, 15) is 4.79 Å². The van der Waals surface area contributed by atoms with E-state index in [1.165, 1.54) is 18.6 Å². The Morgan fingerprint density at radius 3 is 2.85 bits per heavy atom. The van der Waals surface area contributed by atoms with Crippen LogP contribution in [0.25, 0.3) is 0 Å². The average Bonchev–Trinajstić information content (AvgIpc) is 2.48. The highest BCUT2D eigenvalue weighted by Gasteiger charge is 2.21. The number of carbonyl (C=O) groups is 1. The highest BCUT2D eigenvalue weighted by Crippen LogP contribution is 2.27. The van der Waals surface area contributed by atoms with E-state index in [4.69, 9.17) is 0 Å². The molecule has 1 aromatic rings. The number of amides is 1. The van der Waals surface area contributed by atoms with Gasteiger partial charge in [-0.1, -0.05) is 13.0 Å². The first-order valence-corrected chi connectivity index (χ1v) is 8.13. The van der Waals surface area contributed by atoms with Crippen molar-refractivity contribution < 1.29 is 4.79 Å². The van der Waals surface area contributed by atoms with Crippen LogP contribution >= 0.6 is 11.8 Å². The molecule has 1 aliphatic rings. The molecule has 0 spiro atoms. The van der Waals surface area contributed by atoms with Crippen LogP contribution in [0.1, 0.15) is 30.1 Å². The zero-order chi connectivity index (χ0) is 14.4. The lowest BCUT2D eigenvalue weighted by Gasteiger charge is -2.30. The lowest BCUT2D eigenvalue weighted by atomic mass is 10.1. The van der Waals surface area contributed by atoms with Crippen LogP contribution in [0.15, 0.2) is 36.9 Å². The molecule has 0 bridgehead atoms. The molecule has 1 saturated heterocycles. The largest absolute Gasteiger partial charge is 0.381 e. The maximum atomic E-state index is 11.8. The van der Waals surface area contributed by atoms with Crippen LogP contribution < -0.4 is 10.6 Å². The molecule has 2 atom stereocenters. The summed E-state index contributed by atoms with van der Waals surface area (Å²) in [7, 11) is 0. The molecule has 3 nitrogen and oxygen atoms in total. The van der Waals surface area contributed by atoms with Gasteiger partial charge in [0.25, 0.3) is 5.91 Å². The van der Waals surface area contributed by atoms with E-state index in [0.29, 0.717) is 23.4 Å². The van der Waals surface area contributed by atoms with E-state index >= 15 is 0 Å². The number of thioether (sulfide) groups is 1. The molecule has 1 aliphatic heterocycles. The van der Waals surface area contributed by atoms with Gasteiger partial charge in [-0.2, -0.15) is 11.8 Å². The van der Waals surface area contributed by atoms with Gasteiger partial charge in [0, 0.05) is 29.1 Å². The van der Waals surface area contributed by atoms with E-state index in [-0.39, 0.29) is 5.91 Å². The molecule has 1 heterocycles. The predicted octanol–water partition coefficient (Wildman–Crippen LogP) is 3.30. The minimum absolute atomic E-state index is 0.0574. The highest BCUT2D eigenvalue weighted by atomic mass is 32.2. The molecular formula is C16H22N2OS. The molecule has 108 valence electrons. The maximum Gasteiger partial charge on any atom is 0.251 e. The highest BCUT2D eigenvalue weighted by molar-refractivity contribution is 8.00. The molecule has 1 aromatic carbocycles. The third-order valence-electron chi connectivity index (χ3n) is 3.51.